The number of alkyl halides is 1. The maximum absolute atomic E-state index is 11.5. The van der Waals surface area contributed by atoms with Gasteiger partial charge in [-0.1, -0.05) is 6.92 Å². The Labute approximate surface area is 107 Å². The summed E-state index contributed by atoms with van der Waals surface area (Å²) in [6, 6.07) is 0. The molecular weight excluding hydrogens is 270 g/mol. The molecule has 0 bridgehead atoms. The predicted molar refractivity (Wildman–Crippen MR) is 70.7 cm³/mol. The molecule has 0 rings (SSSR count). The van der Waals surface area contributed by atoms with E-state index in [1.807, 2.05) is 6.92 Å². The number of hydrogen-bond acceptors (Lipinski definition) is 4. The zero-order valence-electron chi connectivity index (χ0n) is 9.49. The number of halogens is 1. The van der Waals surface area contributed by atoms with Crippen LogP contribution in [0.3, 0.4) is 0 Å². The van der Waals surface area contributed by atoms with E-state index in [1.165, 1.54) is 0 Å². The zero-order chi connectivity index (χ0) is 12.4. The first-order valence-electron chi connectivity index (χ1n) is 5.23. The number of thioether (sulfide) groups is 1. The third-order valence-corrected chi connectivity index (χ3v) is 5.03. The van der Waals surface area contributed by atoms with E-state index >= 15 is 0 Å². The van der Waals surface area contributed by atoms with Crippen molar-refractivity contribution in [2.24, 2.45) is 5.92 Å². The van der Waals surface area contributed by atoms with Crippen LogP contribution in [0.1, 0.15) is 13.3 Å². The topological polar surface area (TPSA) is 66.4 Å². The second-order valence-electron chi connectivity index (χ2n) is 3.62. The number of hydrogen-bond donors (Lipinski definition) is 2. The minimum Gasteiger partial charge on any atom is -0.396 e. The number of rotatable bonds is 10. The molecule has 0 aliphatic carbocycles. The van der Waals surface area contributed by atoms with Crippen molar-refractivity contribution in [3.05, 3.63) is 0 Å². The van der Waals surface area contributed by atoms with E-state index in [-0.39, 0.29) is 18.3 Å². The van der Waals surface area contributed by atoms with Crippen LogP contribution in [0.25, 0.3) is 0 Å². The lowest BCUT2D eigenvalue weighted by Crippen LogP contribution is -2.31. The van der Waals surface area contributed by atoms with Gasteiger partial charge < -0.3 is 5.11 Å². The lowest BCUT2D eigenvalue weighted by molar-refractivity contribution is 0.296. The summed E-state index contributed by atoms with van der Waals surface area (Å²) in [5.74, 6) is 2.00. The van der Waals surface area contributed by atoms with Gasteiger partial charge in [0.05, 0.1) is 5.75 Å². The lowest BCUT2D eigenvalue weighted by Gasteiger charge is -2.09. The van der Waals surface area contributed by atoms with Gasteiger partial charge in [0, 0.05) is 24.8 Å². The molecule has 4 nitrogen and oxygen atoms in total. The van der Waals surface area contributed by atoms with Gasteiger partial charge in [0.1, 0.15) is 0 Å². The van der Waals surface area contributed by atoms with Crippen molar-refractivity contribution in [2.75, 3.05) is 36.3 Å². The van der Waals surface area contributed by atoms with Gasteiger partial charge in [-0.05, 0) is 18.1 Å². The van der Waals surface area contributed by atoms with Crippen LogP contribution in [0, 0.1) is 5.92 Å². The van der Waals surface area contributed by atoms with Crippen molar-refractivity contribution >= 4 is 33.4 Å². The van der Waals surface area contributed by atoms with Crippen molar-refractivity contribution < 1.29 is 13.5 Å². The molecule has 0 spiro atoms. The standard InChI is InChI=1S/C9H20ClNO3S2/c1-9(7-10)8-16(13,14)11-3-6-15-5-2-4-12/h9,11-12H,2-8H2,1H3. The first-order valence-corrected chi connectivity index (χ1v) is 8.58. The summed E-state index contributed by atoms with van der Waals surface area (Å²) in [5, 5.41) is 8.54. The molecule has 2 N–H and O–H groups in total. The van der Waals surface area contributed by atoms with E-state index in [0.717, 1.165) is 17.9 Å². The molecule has 0 radical (unpaired) electrons. The molecule has 16 heavy (non-hydrogen) atoms. The summed E-state index contributed by atoms with van der Waals surface area (Å²) >= 11 is 7.19. The highest BCUT2D eigenvalue weighted by atomic mass is 35.5. The van der Waals surface area contributed by atoms with Gasteiger partial charge in [-0.3, -0.25) is 0 Å². The number of nitrogens with one attached hydrogen (secondary N) is 1. The molecule has 0 heterocycles. The van der Waals surface area contributed by atoms with Crippen LogP contribution >= 0.6 is 23.4 Å². The zero-order valence-corrected chi connectivity index (χ0v) is 11.9. The average molecular weight is 290 g/mol. The van der Waals surface area contributed by atoms with Crippen molar-refractivity contribution in [3.8, 4) is 0 Å². The second kappa shape index (κ2) is 9.53. The fourth-order valence-electron chi connectivity index (χ4n) is 1.02. The van der Waals surface area contributed by atoms with E-state index in [1.54, 1.807) is 11.8 Å². The van der Waals surface area contributed by atoms with Gasteiger partial charge in [-0.25, -0.2) is 13.1 Å². The highest BCUT2D eigenvalue weighted by Gasteiger charge is 2.13. The smallest absolute Gasteiger partial charge is 0.211 e. The first kappa shape index (κ1) is 16.5. The largest absolute Gasteiger partial charge is 0.396 e. The summed E-state index contributed by atoms with van der Waals surface area (Å²) in [6.45, 7) is 2.43. The minimum absolute atomic E-state index is 0.0267. The molecule has 1 atom stereocenters. The molecule has 0 amide bonds. The van der Waals surface area contributed by atoms with Gasteiger partial charge >= 0.3 is 0 Å². The fraction of sp³-hybridized carbons (Fsp3) is 1.00. The molecular formula is C9H20ClNO3S2. The van der Waals surface area contributed by atoms with Crippen LogP contribution in [0.4, 0.5) is 0 Å². The SMILES string of the molecule is CC(CCl)CS(=O)(=O)NCCSCCCO. The van der Waals surface area contributed by atoms with E-state index in [0.29, 0.717) is 12.4 Å². The molecule has 1 unspecified atom stereocenters. The van der Waals surface area contributed by atoms with Crippen LogP contribution in [0.5, 0.6) is 0 Å². The summed E-state index contributed by atoms with van der Waals surface area (Å²) in [4.78, 5) is 0. The Morgan fingerprint density at radius 1 is 1.44 bits per heavy atom. The second-order valence-corrected chi connectivity index (χ2v) is 7.01. The van der Waals surface area contributed by atoms with E-state index < -0.39 is 10.0 Å². The molecule has 0 aromatic rings. The normalized spacial score (nSPS) is 13.9. The van der Waals surface area contributed by atoms with Crippen LogP contribution in [-0.4, -0.2) is 49.8 Å². The van der Waals surface area contributed by atoms with E-state index in [4.69, 9.17) is 16.7 Å². The van der Waals surface area contributed by atoms with Gasteiger partial charge in [0.25, 0.3) is 0 Å². The number of sulfonamides is 1. The van der Waals surface area contributed by atoms with Crippen LogP contribution in [0.15, 0.2) is 0 Å². The molecule has 0 saturated carbocycles. The van der Waals surface area contributed by atoms with Gasteiger partial charge in [-0.15, -0.1) is 11.6 Å². The maximum atomic E-state index is 11.5. The Morgan fingerprint density at radius 3 is 2.69 bits per heavy atom. The summed E-state index contributed by atoms with van der Waals surface area (Å²) in [7, 11) is -3.18. The van der Waals surface area contributed by atoms with E-state index in [9.17, 15) is 8.42 Å². The number of aliphatic hydroxyl groups excluding tert-OH is 1. The molecule has 98 valence electrons. The van der Waals surface area contributed by atoms with Crippen molar-refractivity contribution in [1.29, 1.82) is 0 Å². The lowest BCUT2D eigenvalue weighted by atomic mass is 10.3. The Hall–Kier alpha value is 0.510. The molecule has 0 aliphatic heterocycles. The van der Waals surface area contributed by atoms with Crippen LogP contribution < -0.4 is 4.72 Å². The van der Waals surface area contributed by atoms with Crippen LogP contribution in [-0.2, 0) is 10.0 Å². The van der Waals surface area contributed by atoms with Crippen molar-refractivity contribution in [1.82, 2.24) is 4.72 Å². The Kier molecular flexibility index (Phi) is 9.83. The van der Waals surface area contributed by atoms with Crippen molar-refractivity contribution in [2.45, 2.75) is 13.3 Å². The molecule has 7 heteroatoms. The summed E-state index contributed by atoms with van der Waals surface area (Å²) in [5.41, 5.74) is 0. The Bertz CT molecular complexity index is 259. The van der Waals surface area contributed by atoms with Gasteiger partial charge in [-0.2, -0.15) is 11.8 Å². The molecule has 0 aromatic heterocycles. The third-order valence-electron chi connectivity index (χ3n) is 1.78. The van der Waals surface area contributed by atoms with Gasteiger partial charge in [0.15, 0.2) is 0 Å². The highest BCUT2D eigenvalue weighted by Crippen LogP contribution is 2.03. The first-order chi connectivity index (χ1) is 7.52. The Balaban J connectivity index is 3.59. The fourth-order valence-corrected chi connectivity index (χ4v) is 3.57. The van der Waals surface area contributed by atoms with Crippen molar-refractivity contribution in [3.63, 3.8) is 0 Å². The summed E-state index contributed by atoms with van der Waals surface area (Å²) < 4.78 is 25.5. The predicted octanol–water partition coefficient (Wildman–Crippen LogP) is 0.896. The molecule has 0 aromatic carbocycles. The highest BCUT2D eigenvalue weighted by molar-refractivity contribution is 7.99. The number of aliphatic hydroxyl groups is 1. The van der Waals surface area contributed by atoms with Gasteiger partial charge in [0.2, 0.25) is 10.0 Å². The minimum atomic E-state index is -3.18. The molecule has 0 aliphatic rings. The summed E-state index contributed by atoms with van der Waals surface area (Å²) in [6.07, 6.45) is 0.751. The Morgan fingerprint density at radius 2 is 2.12 bits per heavy atom. The molecule has 0 saturated heterocycles. The third kappa shape index (κ3) is 9.72. The molecule has 0 fully saturated rings. The average Bonchev–Trinajstić information content (AvgIpc) is 2.22. The van der Waals surface area contributed by atoms with E-state index in [2.05, 4.69) is 4.72 Å². The monoisotopic (exact) mass is 289 g/mol. The maximum Gasteiger partial charge on any atom is 0.211 e. The quantitative estimate of drug-likeness (QED) is 0.463. The van der Waals surface area contributed by atoms with Crippen LogP contribution in [0.2, 0.25) is 0 Å².